The SMILES string of the molecule is COc1ccc(CNC(=O)[C@H](C)Nc2cc(Cl)c(OC)cc2OC)cc1. The number of rotatable bonds is 8. The lowest BCUT2D eigenvalue weighted by atomic mass is 10.2. The molecule has 2 aromatic rings. The molecule has 6 nitrogen and oxygen atoms in total. The fourth-order valence-electron chi connectivity index (χ4n) is 2.36. The van der Waals surface area contributed by atoms with E-state index in [1.807, 2.05) is 24.3 Å². The summed E-state index contributed by atoms with van der Waals surface area (Å²) in [5, 5.41) is 6.43. The monoisotopic (exact) mass is 378 g/mol. The maximum Gasteiger partial charge on any atom is 0.242 e. The number of nitrogens with one attached hydrogen (secondary N) is 2. The average Bonchev–Trinajstić information content (AvgIpc) is 2.66. The van der Waals surface area contributed by atoms with Gasteiger partial charge >= 0.3 is 0 Å². The molecule has 0 bridgehead atoms. The number of benzene rings is 2. The molecule has 26 heavy (non-hydrogen) atoms. The zero-order valence-corrected chi connectivity index (χ0v) is 16.0. The summed E-state index contributed by atoms with van der Waals surface area (Å²) in [7, 11) is 4.69. The number of hydrogen-bond acceptors (Lipinski definition) is 5. The molecule has 0 aliphatic rings. The van der Waals surface area contributed by atoms with Crippen molar-refractivity contribution in [2.45, 2.75) is 19.5 Å². The summed E-state index contributed by atoms with van der Waals surface area (Å²) in [4.78, 5) is 12.4. The first kappa shape index (κ1) is 19.7. The maximum atomic E-state index is 12.4. The van der Waals surface area contributed by atoms with Crippen molar-refractivity contribution in [1.82, 2.24) is 5.32 Å². The van der Waals surface area contributed by atoms with Crippen molar-refractivity contribution in [2.24, 2.45) is 0 Å². The lowest BCUT2D eigenvalue weighted by molar-refractivity contribution is -0.121. The van der Waals surface area contributed by atoms with Crippen LogP contribution >= 0.6 is 11.6 Å². The van der Waals surface area contributed by atoms with Gasteiger partial charge in [-0.05, 0) is 30.7 Å². The van der Waals surface area contributed by atoms with Crippen molar-refractivity contribution in [3.05, 3.63) is 47.0 Å². The van der Waals surface area contributed by atoms with Crippen LogP contribution in [-0.4, -0.2) is 33.3 Å². The third-order valence-corrected chi connectivity index (χ3v) is 4.16. The fraction of sp³-hybridized carbons (Fsp3) is 0.316. The molecule has 0 heterocycles. The predicted molar refractivity (Wildman–Crippen MR) is 102 cm³/mol. The Labute approximate surface area is 158 Å². The van der Waals surface area contributed by atoms with Gasteiger partial charge in [-0.25, -0.2) is 0 Å². The summed E-state index contributed by atoms with van der Waals surface area (Å²) in [6.45, 7) is 2.19. The fourth-order valence-corrected chi connectivity index (χ4v) is 2.60. The van der Waals surface area contributed by atoms with Crippen molar-refractivity contribution >= 4 is 23.2 Å². The van der Waals surface area contributed by atoms with E-state index in [1.165, 1.54) is 7.11 Å². The van der Waals surface area contributed by atoms with Crippen LogP contribution in [0.5, 0.6) is 17.2 Å². The van der Waals surface area contributed by atoms with Gasteiger partial charge in [0.05, 0.1) is 32.0 Å². The second-order valence-corrected chi connectivity index (χ2v) is 6.03. The first-order valence-electron chi connectivity index (χ1n) is 8.07. The summed E-state index contributed by atoms with van der Waals surface area (Å²) >= 11 is 6.16. The van der Waals surface area contributed by atoms with E-state index >= 15 is 0 Å². The molecule has 0 spiro atoms. The summed E-state index contributed by atoms with van der Waals surface area (Å²) < 4.78 is 15.6. The van der Waals surface area contributed by atoms with Gasteiger partial charge in [-0.1, -0.05) is 23.7 Å². The van der Waals surface area contributed by atoms with Crippen molar-refractivity contribution in [2.75, 3.05) is 26.6 Å². The van der Waals surface area contributed by atoms with Gasteiger partial charge in [0.1, 0.15) is 23.3 Å². The van der Waals surface area contributed by atoms with Crippen LogP contribution < -0.4 is 24.8 Å². The minimum atomic E-state index is -0.480. The molecule has 0 saturated heterocycles. The van der Waals surface area contributed by atoms with E-state index in [1.54, 1.807) is 33.3 Å². The highest BCUT2D eigenvalue weighted by atomic mass is 35.5. The Bertz CT molecular complexity index is 750. The Kier molecular flexibility index (Phi) is 6.97. The minimum Gasteiger partial charge on any atom is -0.497 e. The van der Waals surface area contributed by atoms with Crippen LogP contribution in [0.3, 0.4) is 0 Å². The molecule has 7 heteroatoms. The lowest BCUT2D eigenvalue weighted by Gasteiger charge is -2.18. The first-order chi connectivity index (χ1) is 12.5. The smallest absolute Gasteiger partial charge is 0.242 e. The largest absolute Gasteiger partial charge is 0.497 e. The molecule has 1 amide bonds. The summed E-state index contributed by atoms with van der Waals surface area (Å²) in [5.41, 5.74) is 1.60. The molecule has 1 atom stereocenters. The molecule has 0 aromatic heterocycles. The number of ether oxygens (including phenoxy) is 3. The van der Waals surface area contributed by atoms with Crippen LogP contribution in [0.2, 0.25) is 5.02 Å². The van der Waals surface area contributed by atoms with E-state index in [0.29, 0.717) is 28.8 Å². The first-order valence-corrected chi connectivity index (χ1v) is 8.45. The zero-order valence-electron chi connectivity index (χ0n) is 15.3. The molecular weight excluding hydrogens is 356 g/mol. The van der Waals surface area contributed by atoms with Gasteiger partial charge in [0.2, 0.25) is 5.91 Å². The van der Waals surface area contributed by atoms with Crippen LogP contribution in [-0.2, 0) is 11.3 Å². The number of carbonyl (C=O) groups excluding carboxylic acids is 1. The van der Waals surface area contributed by atoms with E-state index in [9.17, 15) is 4.79 Å². The van der Waals surface area contributed by atoms with Gasteiger partial charge in [0, 0.05) is 12.6 Å². The quantitative estimate of drug-likeness (QED) is 0.736. The number of methoxy groups -OCH3 is 3. The van der Waals surface area contributed by atoms with E-state index in [2.05, 4.69) is 10.6 Å². The molecule has 2 N–H and O–H groups in total. The standard InChI is InChI=1S/C19H23ClN2O4/c1-12(19(23)21-11-13-5-7-14(24-2)8-6-13)22-16-9-15(20)17(25-3)10-18(16)26-4/h5-10,12,22H,11H2,1-4H3,(H,21,23)/t12-/m0/s1. The second-order valence-electron chi connectivity index (χ2n) is 5.62. The normalized spacial score (nSPS) is 11.4. The number of carbonyl (C=O) groups is 1. The summed E-state index contributed by atoms with van der Waals surface area (Å²) in [6, 6.07) is 10.4. The van der Waals surface area contributed by atoms with E-state index in [0.717, 1.165) is 11.3 Å². The Hall–Kier alpha value is -2.60. The molecule has 0 fully saturated rings. The molecule has 0 radical (unpaired) electrons. The van der Waals surface area contributed by atoms with Crippen LogP contribution in [0.1, 0.15) is 12.5 Å². The Balaban J connectivity index is 1.98. The number of amides is 1. The maximum absolute atomic E-state index is 12.4. The number of hydrogen-bond donors (Lipinski definition) is 2. The van der Waals surface area contributed by atoms with Crippen LogP contribution in [0.4, 0.5) is 5.69 Å². The molecule has 0 saturated carbocycles. The van der Waals surface area contributed by atoms with Crippen molar-refractivity contribution < 1.29 is 19.0 Å². The average molecular weight is 379 g/mol. The van der Waals surface area contributed by atoms with Crippen molar-refractivity contribution in [3.8, 4) is 17.2 Å². The molecule has 2 aromatic carbocycles. The Morgan fingerprint density at radius 3 is 2.27 bits per heavy atom. The summed E-state index contributed by atoms with van der Waals surface area (Å²) in [5.74, 6) is 1.68. The highest BCUT2D eigenvalue weighted by Crippen LogP contribution is 2.36. The molecule has 140 valence electrons. The molecular formula is C19H23ClN2O4. The lowest BCUT2D eigenvalue weighted by Crippen LogP contribution is -2.37. The van der Waals surface area contributed by atoms with Gasteiger partial charge in [-0.3, -0.25) is 4.79 Å². The molecule has 0 aliphatic carbocycles. The van der Waals surface area contributed by atoms with Crippen molar-refractivity contribution in [1.29, 1.82) is 0 Å². The van der Waals surface area contributed by atoms with Gasteiger partial charge in [-0.2, -0.15) is 0 Å². The van der Waals surface area contributed by atoms with E-state index in [-0.39, 0.29) is 5.91 Å². The third kappa shape index (κ3) is 4.95. The third-order valence-electron chi connectivity index (χ3n) is 3.87. The predicted octanol–water partition coefficient (Wildman–Crippen LogP) is 3.48. The minimum absolute atomic E-state index is 0.144. The highest BCUT2D eigenvalue weighted by Gasteiger charge is 2.16. The van der Waals surface area contributed by atoms with Crippen LogP contribution in [0.15, 0.2) is 36.4 Å². The molecule has 0 unspecified atom stereocenters. The van der Waals surface area contributed by atoms with Crippen LogP contribution in [0.25, 0.3) is 0 Å². The van der Waals surface area contributed by atoms with Gasteiger partial charge in [0.15, 0.2) is 0 Å². The van der Waals surface area contributed by atoms with Gasteiger partial charge in [0.25, 0.3) is 0 Å². The van der Waals surface area contributed by atoms with Gasteiger partial charge < -0.3 is 24.8 Å². The topological polar surface area (TPSA) is 68.8 Å². The molecule has 2 rings (SSSR count). The zero-order chi connectivity index (χ0) is 19.1. The summed E-state index contributed by atoms with van der Waals surface area (Å²) in [6.07, 6.45) is 0. The van der Waals surface area contributed by atoms with Gasteiger partial charge in [-0.15, -0.1) is 0 Å². The second kappa shape index (κ2) is 9.20. The molecule has 0 aliphatic heterocycles. The van der Waals surface area contributed by atoms with E-state index in [4.69, 9.17) is 25.8 Å². The highest BCUT2D eigenvalue weighted by molar-refractivity contribution is 6.32. The van der Waals surface area contributed by atoms with Crippen LogP contribution in [0, 0.1) is 0 Å². The number of anilines is 1. The Morgan fingerprint density at radius 2 is 1.69 bits per heavy atom. The van der Waals surface area contributed by atoms with E-state index < -0.39 is 6.04 Å². The Morgan fingerprint density at radius 1 is 1.04 bits per heavy atom. The number of halogens is 1. The van der Waals surface area contributed by atoms with Crippen molar-refractivity contribution in [3.63, 3.8) is 0 Å².